The lowest BCUT2D eigenvalue weighted by atomic mass is 9.95. The molecule has 2 rings (SSSR count). The molecule has 1 saturated carbocycles. The van der Waals surface area contributed by atoms with E-state index in [0.717, 1.165) is 0 Å². The number of carbonyl (C=O) groups is 1. The van der Waals surface area contributed by atoms with Crippen molar-refractivity contribution in [1.82, 2.24) is 10.2 Å². The summed E-state index contributed by atoms with van der Waals surface area (Å²) >= 11 is 0. The second-order valence-electron chi connectivity index (χ2n) is 5.04. The van der Waals surface area contributed by atoms with Crippen molar-refractivity contribution in [2.24, 2.45) is 5.92 Å². The maximum Gasteiger partial charge on any atom is 0.238 e. The first kappa shape index (κ1) is 10.9. The van der Waals surface area contributed by atoms with Crippen molar-refractivity contribution in [2.75, 3.05) is 6.54 Å². The molecule has 86 valence electrons. The SMILES string of the molecule is CC1CCCCCC1N1C(=O)CNC1C. The Bertz CT molecular complexity index is 242. The summed E-state index contributed by atoms with van der Waals surface area (Å²) in [7, 11) is 0. The van der Waals surface area contributed by atoms with Crippen molar-refractivity contribution in [3.8, 4) is 0 Å². The molecule has 0 aromatic heterocycles. The van der Waals surface area contributed by atoms with E-state index in [2.05, 4.69) is 24.1 Å². The highest BCUT2D eigenvalue weighted by Crippen LogP contribution is 2.29. The summed E-state index contributed by atoms with van der Waals surface area (Å²) in [5, 5.41) is 3.23. The van der Waals surface area contributed by atoms with Gasteiger partial charge in [-0.3, -0.25) is 10.1 Å². The normalized spacial score (nSPS) is 38.1. The van der Waals surface area contributed by atoms with Gasteiger partial charge in [0.15, 0.2) is 0 Å². The maximum absolute atomic E-state index is 11.8. The van der Waals surface area contributed by atoms with E-state index in [1.54, 1.807) is 0 Å². The number of carbonyl (C=O) groups excluding carboxylic acids is 1. The van der Waals surface area contributed by atoms with Crippen LogP contribution in [-0.2, 0) is 4.79 Å². The van der Waals surface area contributed by atoms with Gasteiger partial charge in [-0.15, -0.1) is 0 Å². The minimum Gasteiger partial charge on any atom is -0.323 e. The first-order valence-corrected chi connectivity index (χ1v) is 6.24. The third-order valence-corrected chi connectivity index (χ3v) is 3.93. The molecule has 1 aliphatic heterocycles. The van der Waals surface area contributed by atoms with Crippen LogP contribution in [0.15, 0.2) is 0 Å². The lowest BCUT2D eigenvalue weighted by Gasteiger charge is -2.34. The van der Waals surface area contributed by atoms with Crippen molar-refractivity contribution >= 4 is 5.91 Å². The molecule has 1 aliphatic carbocycles. The molecule has 3 atom stereocenters. The van der Waals surface area contributed by atoms with Gasteiger partial charge in [0.2, 0.25) is 5.91 Å². The second kappa shape index (κ2) is 4.52. The van der Waals surface area contributed by atoms with E-state index in [1.165, 1.54) is 32.1 Å². The third kappa shape index (κ3) is 2.17. The molecule has 0 aromatic carbocycles. The van der Waals surface area contributed by atoms with E-state index in [4.69, 9.17) is 0 Å². The van der Waals surface area contributed by atoms with E-state index in [9.17, 15) is 4.79 Å². The molecule has 15 heavy (non-hydrogen) atoms. The summed E-state index contributed by atoms with van der Waals surface area (Å²) < 4.78 is 0. The van der Waals surface area contributed by atoms with Crippen LogP contribution in [0.25, 0.3) is 0 Å². The van der Waals surface area contributed by atoms with Crippen molar-refractivity contribution in [1.29, 1.82) is 0 Å². The number of nitrogens with one attached hydrogen (secondary N) is 1. The Morgan fingerprint density at radius 2 is 1.93 bits per heavy atom. The Morgan fingerprint density at radius 3 is 2.60 bits per heavy atom. The zero-order valence-electron chi connectivity index (χ0n) is 9.83. The standard InChI is InChI=1S/C12H22N2O/c1-9-6-4-3-5-7-11(9)14-10(2)13-8-12(14)15/h9-11,13H,3-8H2,1-2H3. The van der Waals surface area contributed by atoms with Crippen LogP contribution in [0.2, 0.25) is 0 Å². The number of nitrogens with zero attached hydrogens (tertiary/aromatic N) is 1. The fraction of sp³-hybridized carbons (Fsp3) is 0.917. The van der Waals surface area contributed by atoms with Crippen molar-refractivity contribution in [3.63, 3.8) is 0 Å². The number of hydrogen-bond donors (Lipinski definition) is 1. The number of rotatable bonds is 1. The van der Waals surface area contributed by atoms with Crippen LogP contribution in [0.3, 0.4) is 0 Å². The number of hydrogen-bond acceptors (Lipinski definition) is 2. The van der Waals surface area contributed by atoms with Gasteiger partial charge in [-0.2, -0.15) is 0 Å². The summed E-state index contributed by atoms with van der Waals surface area (Å²) in [6, 6.07) is 0.477. The molecule has 0 radical (unpaired) electrons. The van der Waals surface area contributed by atoms with E-state index >= 15 is 0 Å². The van der Waals surface area contributed by atoms with Gasteiger partial charge < -0.3 is 4.90 Å². The highest BCUT2D eigenvalue weighted by Gasteiger charge is 2.35. The summed E-state index contributed by atoms with van der Waals surface area (Å²) in [6.45, 7) is 4.93. The molecule has 3 unspecified atom stereocenters. The van der Waals surface area contributed by atoms with Crippen LogP contribution in [0.4, 0.5) is 0 Å². The Balaban J connectivity index is 2.09. The van der Waals surface area contributed by atoms with Gasteiger partial charge in [-0.05, 0) is 25.7 Å². The van der Waals surface area contributed by atoms with Crippen LogP contribution < -0.4 is 5.32 Å². The topological polar surface area (TPSA) is 32.3 Å². The first-order valence-electron chi connectivity index (χ1n) is 6.24. The third-order valence-electron chi connectivity index (χ3n) is 3.93. The molecule has 3 heteroatoms. The fourth-order valence-corrected chi connectivity index (χ4v) is 3.00. The van der Waals surface area contributed by atoms with Gasteiger partial charge in [0.25, 0.3) is 0 Å². The van der Waals surface area contributed by atoms with Crippen LogP contribution >= 0.6 is 0 Å². The van der Waals surface area contributed by atoms with E-state index < -0.39 is 0 Å². The lowest BCUT2D eigenvalue weighted by molar-refractivity contribution is -0.131. The average Bonchev–Trinajstić information content (AvgIpc) is 2.42. The minimum atomic E-state index is 0.239. The van der Waals surface area contributed by atoms with Crippen molar-refractivity contribution in [3.05, 3.63) is 0 Å². The van der Waals surface area contributed by atoms with Gasteiger partial charge >= 0.3 is 0 Å². The Labute approximate surface area is 92.2 Å². The van der Waals surface area contributed by atoms with Gasteiger partial charge in [-0.25, -0.2) is 0 Å². The molecule has 1 amide bonds. The Kier molecular flexibility index (Phi) is 3.29. The molecule has 0 aromatic rings. The zero-order valence-corrected chi connectivity index (χ0v) is 9.83. The molecule has 3 nitrogen and oxygen atoms in total. The van der Waals surface area contributed by atoms with Crippen LogP contribution in [0.1, 0.15) is 46.0 Å². The highest BCUT2D eigenvalue weighted by atomic mass is 16.2. The Morgan fingerprint density at radius 1 is 1.20 bits per heavy atom. The average molecular weight is 210 g/mol. The maximum atomic E-state index is 11.8. The minimum absolute atomic E-state index is 0.239. The first-order chi connectivity index (χ1) is 7.20. The smallest absolute Gasteiger partial charge is 0.238 e. The van der Waals surface area contributed by atoms with Gasteiger partial charge in [0.05, 0.1) is 12.7 Å². The molecule has 2 aliphatic rings. The predicted octanol–water partition coefficient (Wildman–Crippen LogP) is 1.73. The molecular weight excluding hydrogens is 188 g/mol. The summed E-state index contributed by atoms with van der Waals surface area (Å²) in [5.74, 6) is 0.958. The quantitative estimate of drug-likeness (QED) is 0.669. The molecule has 0 spiro atoms. The van der Waals surface area contributed by atoms with Crippen LogP contribution in [0, 0.1) is 5.92 Å². The van der Waals surface area contributed by atoms with Crippen LogP contribution in [-0.4, -0.2) is 29.6 Å². The molecule has 1 heterocycles. The number of amides is 1. The predicted molar refractivity (Wildman–Crippen MR) is 60.3 cm³/mol. The molecule has 0 bridgehead atoms. The summed E-state index contributed by atoms with van der Waals surface area (Å²) in [6.07, 6.45) is 6.67. The van der Waals surface area contributed by atoms with E-state index in [1.807, 2.05) is 0 Å². The molecular formula is C12H22N2O. The van der Waals surface area contributed by atoms with E-state index in [0.29, 0.717) is 24.4 Å². The largest absolute Gasteiger partial charge is 0.323 e. The lowest BCUT2D eigenvalue weighted by Crippen LogP contribution is -2.45. The van der Waals surface area contributed by atoms with Crippen molar-refractivity contribution < 1.29 is 4.79 Å². The fourth-order valence-electron chi connectivity index (χ4n) is 3.00. The highest BCUT2D eigenvalue weighted by molar-refractivity contribution is 5.80. The van der Waals surface area contributed by atoms with E-state index in [-0.39, 0.29) is 6.17 Å². The van der Waals surface area contributed by atoms with Gasteiger partial charge in [0.1, 0.15) is 0 Å². The molecule has 1 N–H and O–H groups in total. The zero-order chi connectivity index (χ0) is 10.8. The summed E-state index contributed by atoms with van der Waals surface area (Å²) in [4.78, 5) is 13.9. The Hall–Kier alpha value is -0.570. The second-order valence-corrected chi connectivity index (χ2v) is 5.04. The van der Waals surface area contributed by atoms with Gasteiger partial charge in [-0.1, -0.05) is 26.2 Å². The molecule has 2 fully saturated rings. The van der Waals surface area contributed by atoms with Crippen molar-refractivity contribution in [2.45, 2.75) is 58.2 Å². The van der Waals surface area contributed by atoms with Crippen LogP contribution in [0.5, 0.6) is 0 Å². The van der Waals surface area contributed by atoms with Gasteiger partial charge in [0, 0.05) is 6.04 Å². The molecule has 1 saturated heterocycles. The summed E-state index contributed by atoms with van der Waals surface area (Å²) in [5.41, 5.74) is 0. The monoisotopic (exact) mass is 210 g/mol.